The predicted molar refractivity (Wildman–Crippen MR) is 108 cm³/mol. The van der Waals surface area contributed by atoms with Crippen LogP contribution in [-0.2, 0) is 11.3 Å². The Morgan fingerprint density at radius 2 is 1.89 bits per heavy atom. The van der Waals surface area contributed by atoms with Crippen molar-refractivity contribution in [2.75, 3.05) is 31.2 Å². The minimum absolute atomic E-state index is 0.286. The Labute approximate surface area is 160 Å². The fourth-order valence-electron chi connectivity index (χ4n) is 3.42. The SMILES string of the molecule is CC(NCc1cccc(N2CCOCC2)c1)c1ccc(-n2ccnc2)cc1. The molecule has 1 atom stereocenters. The first-order valence-electron chi connectivity index (χ1n) is 9.53. The van der Waals surface area contributed by atoms with Gasteiger partial charge in [-0.15, -0.1) is 0 Å². The third-order valence-corrected chi connectivity index (χ3v) is 5.09. The van der Waals surface area contributed by atoms with E-state index < -0.39 is 0 Å². The Kier molecular flexibility index (Phi) is 5.51. The molecule has 2 heterocycles. The first-order valence-corrected chi connectivity index (χ1v) is 9.53. The van der Waals surface area contributed by atoms with E-state index in [0.29, 0.717) is 0 Å². The van der Waals surface area contributed by atoms with Crippen LogP contribution in [0.3, 0.4) is 0 Å². The van der Waals surface area contributed by atoms with E-state index >= 15 is 0 Å². The zero-order valence-corrected chi connectivity index (χ0v) is 15.7. The highest BCUT2D eigenvalue weighted by molar-refractivity contribution is 5.49. The number of nitrogens with one attached hydrogen (secondary N) is 1. The maximum absolute atomic E-state index is 5.45. The van der Waals surface area contributed by atoms with Crippen LogP contribution in [0.15, 0.2) is 67.3 Å². The van der Waals surface area contributed by atoms with E-state index in [4.69, 9.17) is 4.74 Å². The van der Waals surface area contributed by atoms with E-state index in [1.165, 1.54) is 16.8 Å². The number of morpholine rings is 1. The van der Waals surface area contributed by atoms with E-state index in [2.05, 4.69) is 70.7 Å². The van der Waals surface area contributed by atoms with Crippen molar-refractivity contribution in [3.05, 3.63) is 78.4 Å². The highest BCUT2D eigenvalue weighted by Crippen LogP contribution is 2.19. The first-order chi connectivity index (χ1) is 13.3. The van der Waals surface area contributed by atoms with Crippen molar-refractivity contribution in [2.24, 2.45) is 0 Å². The molecule has 1 aliphatic rings. The molecule has 4 rings (SSSR count). The Hall–Kier alpha value is -2.63. The number of hydrogen-bond acceptors (Lipinski definition) is 4. The molecule has 0 saturated carbocycles. The van der Waals surface area contributed by atoms with Crippen LogP contribution in [0, 0.1) is 0 Å². The number of hydrogen-bond donors (Lipinski definition) is 1. The third kappa shape index (κ3) is 4.38. The maximum Gasteiger partial charge on any atom is 0.0991 e. The van der Waals surface area contributed by atoms with Crippen molar-refractivity contribution >= 4 is 5.69 Å². The number of anilines is 1. The van der Waals surface area contributed by atoms with Gasteiger partial charge in [-0.05, 0) is 42.3 Å². The highest BCUT2D eigenvalue weighted by Gasteiger charge is 2.12. The van der Waals surface area contributed by atoms with Crippen molar-refractivity contribution in [1.29, 1.82) is 0 Å². The van der Waals surface area contributed by atoms with Gasteiger partial charge < -0.3 is 19.5 Å². The minimum Gasteiger partial charge on any atom is -0.378 e. The smallest absolute Gasteiger partial charge is 0.0991 e. The molecule has 0 spiro atoms. The van der Waals surface area contributed by atoms with Crippen molar-refractivity contribution in [2.45, 2.75) is 19.5 Å². The third-order valence-electron chi connectivity index (χ3n) is 5.09. The van der Waals surface area contributed by atoms with Crippen LogP contribution in [0.25, 0.3) is 5.69 Å². The Balaban J connectivity index is 1.37. The van der Waals surface area contributed by atoms with E-state index in [1.54, 1.807) is 6.20 Å². The van der Waals surface area contributed by atoms with Gasteiger partial charge in [-0.1, -0.05) is 24.3 Å². The molecule has 0 amide bonds. The summed E-state index contributed by atoms with van der Waals surface area (Å²) in [6.07, 6.45) is 5.57. The summed E-state index contributed by atoms with van der Waals surface area (Å²) in [6, 6.07) is 17.7. The topological polar surface area (TPSA) is 42.3 Å². The Morgan fingerprint density at radius 1 is 1.07 bits per heavy atom. The van der Waals surface area contributed by atoms with Crippen molar-refractivity contribution < 1.29 is 4.74 Å². The predicted octanol–water partition coefficient (Wildman–Crippen LogP) is 3.56. The molecule has 1 fully saturated rings. The fraction of sp³-hybridized carbons (Fsp3) is 0.318. The highest BCUT2D eigenvalue weighted by atomic mass is 16.5. The minimum atomic E-state index is 0.286. The van der Waals surface area contributed by atoms with Crippen LogP contribution in [0.5, 0.6) is 0 Å². The summed E-state index contributed by atoms with van der Waals surface area (Å²) in [6.45, 7) is 6.62. The van der Waals surface area contributed by atoms with E-state index in [9.17, 15) is 0 Å². The van der Waals surface area contributed by atoms with Crippen LogP contribution < -0.4 is 10.2 Å². The second-order valence-corrected chi connectivity index (χ2v) is 6.93. The number of aromatic nitrogens is 2. The van der Waals surface area contributed by atoms with E-state index in [1.807, 2.05) is 17.1 Å². The molecule has 1 saturated heterocycles. The van der Waals surface area contributed by atoms with Gasteiger partial charge in [-0.2, -0.15) is 0 Å². The molecule has 2 aromatic carbocycles. The summed E-state index contributed by atoms with van der Waals surface area (Å²) in [7, 11) is 0. The summed E-state index contributed by atoms with van der Waals surface area (Å²) < 4.78 is 7.47. The summed E-state index contributed by atoms with van der Waals surface area (Å²) >= 11 is 0. The molecule has 0 bridgehead atoms. The number of nitrogens with zero attached hydrogens (tertiary/aromatic N) is 3. The molecule has 140 valence electrons. The molecule has 1 unspecified atom stereocenters. The molecule has 1 aliphatic heterocycles. The zero-order chi connectivity index (χ0) is 18.5. The normalized spacial score (nSPS) is 15.7. The van der Waals surface area contributed by atoms with Gasteiger partial charge >= 0.3 is 0 Å². The average Bonchev–Trinajstić information content (AvgIpc) is 3.28. The zero-order valence-electron chi connectivity index (χ0n) is 15.7. The largest absolute Gasteiger partial charge is 0.378 e. The van der Waals surface area contributed by atoms with Gasteiger partial charge in [0.2, 0.25) is 0 Å². The molecular weight excluding hydrogens is 336 g/mol. The fourth-order valence-corrected chi connectivity index (χ4v) is 3.42. The van der Waals surface area contributed by atoms with Crippen LogP contribution in [-0.4, -0.2) is 35.9 Å². The quantitative estimate of drug-likeness (QED) is 0.728. The van der Waals surface area contributed by atoms with Crippen molar-refractivity contribution in [3.8, 4) is 5.69 Å². The van der Waals surface area contributed by atoms with Crippen LogP contribution in [0.4, 0.5) is 5.69 Å². The van der Waals surface area contributed by atoms with E-state index in [0.717, 1.165) is 38.5 Å². The molecule has 3 aromatic rings. The first kappa shape index (κ1) is 17.8. The lowest BCUT2D eigenvalue weighted by Crippen LogP contribution is -2.36. The summed E-state index contributed by atoms with van der Waals surface area (Å²) in [5, 5.41) is 3.64. The maximum atomic E-state index is 5.45. The lowest BCUT2D eigenvalue weighted by atomic mass is 10.1. The molecule has 5 nitrogen and oxygen atoms in total. The number of rotatable bonds is 6. The van der Waals surface area contributed by atoms with Crippen molar-refractivity contribution in [1.82, 2.24) is 14.9 Å². The van der Waals surface area contributed by atoms with Gasteiger partial charge in [0.25, 0.3) is 0 Å². The molecule has 5 heteroatoms. The molecule has 0 radical (unpaired) electrons. The lowest BCUT2D eigenvalue weighted by Gasteiger charge is -2.29. The van der Waals surface area contributed by atoms with Gasteiger partial charge in [-0.25, -0.2) is 4.98 Å². The number of imidazole rings is 1. The second kappa shape index (κ2) is 8.37. The summed E-state index contributed by atoms with van der Waals surface area (Å²) in [5.74, 6) is 0. The second-order valence-electron chi connectivity index (χ2n) is 6.93. The van der Waals surface area contributed by atoms with Crippen molar-refractivity contribution in [3.63, 3.8) is 0 Å². The Morgan fingerprint density at radius 3 is 2.63 bits per heavy atom. The lowest BCUT2D eigenvalue weighted by molar-refractivity contribution is 0.122. The van der Waals surface area contributed by atoms with Crippen LogP contribution in [0.1, 0.15) is 24.1 Å². The number of benzene rings is 2. The van der Waals surface area contributed by atoms with Crippen LogP contribution in [0.2, 0.25) is 0 Å². The summed E-state index contributed by atoms with van der Waals surface area (Å²) in [4.78, 5) is 6.49. The summed E-state index contributed by atoms with van der Waals surface area (Å²) in [5.41, 5.74) is 5.00. The molecule has 0 aliphatic carbocycles. The number of ether oxygens (including phenoxy) is 1. The van der Waals surface area contributed by atoms with Gasteiger partial charge in [0.15, 0.2) is 0 Å². The van der Waals surface area contributed by atoms with Gasteiger partial charge in [0.1, 0.15) is 0 Å². The average molecular weight is 362 g/mol. The van der Waals surface area contributed by atoms with Gasteiger partial charge in [0.05, 0.1) is 19.5 Å². The van der Waals surface area contributed by atoms with Gasteiger partial charge in [-0.3, -0.25) is 0 Å². The van der Waals surface area contributed by atoms with Crippen LogP contribution >= 0.6 is 0 Å². The monoisotopic (exact) mass is 362 g/mol. The van der Waals surface area contributed by atoms with Gasteiger partial charge in [0, 0.05) is 49.4 Å². The molecule has 1 aromatic heterocycles. The van der Waals surface area contributed by atoms with E-state index in [-0.39, 0.29) is 6.04 Å². The molecule has 27 heavy (non-hydrogen) atoms. The standard InChI is InChI=1S/C22H26N4O/c1-18(20-5-7-21(8-6-20)26-10-9-23-17-26)24-16-19-3-2-4-22(15-19)25-11-13-27-14-12-25/h2-10,15,17-18,24H,11-14,16H2,1H3. The Bertz CT molecular complexity index is 839. The molecule has 1 N–H and O–H groups in total. The molecular formula is C22H26N4O.